The summed E-state index contributed by atoms with van der Waals surface area (Å²) >= 11 is 1.57. The molecule has 0 aliphatic carbocycles. The van der Waals surface area contributed by atoms with Crippen LogP contribution in [0.3, 0.4) is 0 Å². The Morgan fingerprint density at radius 3 is 2.45 bits per heavy atom. The van der Waals surface area contributed by atoms with E-state index in [4.69, 9.17) is 0 Å². The van der Waals surface area contributed by atoms with Gasteiger partial charge in [-0.3, -0.25) is 0 Å². The van der Waals surface area contributed by atoms with Crippen molar-refractivity contribution in [1.29, 1.82) is 0 Å². The van der Waals surface area contributed by atoms with Crippen LogP contribution in [0.1, 0.15) is 4.88 Å². The number of urea groups is 1. The van der Waals surface area contributed by atoms with Crippen molar-refractivity contribution in [3.63, 3.8) is 0 Å². The average molecular weight is 310 g/mol. The molecule has 0 fully saturated rings. The van der Waals surface area contributed by atoms with E-state index in [1.165, 1.54) is 12.1 Å². The van der Waals surface area contributed by atoms with Crippen LogP contribution in [-0.4, -0.2) is 20.7 Å². The minimum Gasteiger partial charge on any atom is -0.333 e. The van der Waals surface area contributed by atoms with Gasteiger partial charge < -0.3 is 10.6 Å². The minimum absolute atomic E-state index is 0.224. The molecule has 1 aromatic carbocycles. The zero-order valence-corrected chi connectivity index (χ0v) is 12.4. The Labute approximate surface area is 121 Å². The number of carbonyl (C=O) groups is 1. The number of sulfone groups is 1. The van der Waals surface area contributed by atoms with E-state index in [1.54, 1.807) is 23.5 Å². The van der Waals surface area contributed by atoms with Crippen LogP contribution in [0.5, 0.6) is 0 Å². The molecular weight excluding hydrogens is 296 g/mol. The molecule has 0 aliphatic rings. The van der Waals surface area contributed by atoms with Gasteiger partial charge in [-0.25, -0.2) is 13.2 Å². The predicted molar refractivity (Wildman–Crippen MR) is 79.7 cm³/mol. The number of nitrogens with one attached hydrogen (secondary N) is 2. The highest BCUT2D eigenvalue weighted by molar-refractivity contribution is 7.90. The lowest BCUT2D eigenvalue weighted by molar-refractivity contribution is 0.252. The zero-order valence-electron chi connectivity index (χ0n) is 10.8. The standard InChI is InChI=1S/C13H14N2O3S2/c1-20(17,18)12-6-4-10(5-7-12)15-13(16)14-9-11-3-2-8-19-11/h2-8H,9H2,1H3,(H2,14,15,16). The van der Waals surface area contributed by atoms with Crippen molar-refractivity contribution in [2.75, 3.05) is 11.6 Å². The van der Waals surface area contributed by atoms with E-state index in [0.29, 0.717) is 12.2 Å². The second-order valence-electron chi connectivity index (χ2n) is 4.18. The van der Waals surface area contributed by atoms with Gasteiger partial charge in [0.15, 0.2) is 9.84 Å². The SMILES string of the molecule is CS(=O)(=O)c1ccc(NC(=O)NCc2cccs2)cc1. The smallest absolute Gasteiger partial charge is 0.319 e. The van der Waals surface area contributed by atoms with Crippen LogP contribution in [0, 0.1) is 0 Å². The van der Waals surface area contributed by atoms with Crippen molar-refractivity contribution in [3.8, 4) is 0 Å². The number of amides is 2. The molecule has 20 heavy (non-hydrogen) atoms. The summed E-state index contributed by atoms with van der Waals surface area (Å²) in [5, 5.41) is 7.31. The van der Waals surface area contributed by atoms with Crippen LogP contribution in [0.2, 0.25) is 0 Å². The lowest BCUT2D eigenvalue weighted by Gasteiger charge is -2.07. The third-order valence-corrected chi connectivity index (χ3v) is 4.55. The molecule has 2 N–H and O–H groups in total. The molecule has 0 aliphatic heterocycles. The zero-order chi connectivity index (χ0) is 14.6. The molecule has 1 aromatic heterocycles. The number of anilines is 1. The van der Waals surface area contributed by atoms with E-state index in [9.17, 15) is 13.2 Å². The number of rotatable bonds is 4. The number of hydrogen-bond donors (Lipinski definition) is 2. The summed E-state index contributed by atoms with van der Waals surface area (Å²) in [5.74, 6) is 0. The van der Waals surface area contributed by atoms with Gasteiger partial charge in [0.05, 0.1) is 11.4 Å². The quantitative estimate of drug-likeness (QED) is 0.911. The fraction of sp³-hybridized carbons (Fsp3) is 0.154. The van der Waals surface area contributed by atoms with Crippen LogP contribution in [0.4, 0.5) is 10.5 Å². The fourth-order valence-electron chi connectivity index (χ4n) is 1.54. The molecule has 0 saturated carbocycles. The molecule has 0 unspecified atom stereocenters. The van der Waals surface area contributed by atoms with Crippen LogP contribution in [0.25, 0.3) is 0 Å². The van der Waals surface area contributed by atoms with Crippen molar-refractivity contribution >= 4 is 32.9 Å². The first-order valence-corrected chi connectivity index (χ1v) is 8.59. The largest absolute Gasteiger partial charge is 0.333 e. The first kappa shape index (κ1) is 14.5. The van der Waals surface area contributed by atoms with Crippen molar-refractivity contribution in [2.24, 2.45) is 0 Å². The molecule has 0 spiro atoms. The Balaban J connectivity index is 1.91. The molecule has 1 heterocycles. The molecule has 2 amide bonds. The van der Waals surface area contributed by atoms with Gasteiger partial charge in [0.1, 0.15) is 0 Å². The molecule has 2 aromatic rings. The molecule has 0 atom stereocenters. The number of hydrogen-bond acceptors (Lipinski definition) is 4. The van der Waals surface area contributed by atoms with E-state index >= 15 is 0 Å². The monoisotopic (exact) mass is 310 g/mol. The number of carbonyl (C=O) groups excluding carboxylic acids is 1. The van der Waals surface area contributed by atoms with Gasteiger partial charge in [-0.2, -0.15) is 0 Å². The van der Waals surface area contributed by atoms with E-state index in [-0.39, 0.29) is 10.9 Å². The van der Waals surface area contributed by atoms with E-state index < -0.39 is 9.84 Å². The van der Waals surface area contributed by atoms with Crippen LogP contribution >= 0.6 is 11.3 Å². The Morgan fingerprint density at radius 2 is 1.90 bits per heavy atom. The maximum atomic E-state index is 11.7. The normalized spacial score (nSPS) is 11.1. The highest BCUT2D eigenvalue weighted by Crippen LogP contribution is 2.14. The number of thiophene rings is 1. The summed E-state index contributed by atoms with van der Waals surface area (Å²) in [6, 6.07) is 9.57. The minimum atomic E-state index is -3.21. The Morgan fingerprint density at radius 1 is 1.20 bits per heavy atom. The highest BCUT2D eigenvalue weighted by Gasteiger charge is 2.07. The average Bonchev–Trinajstić information content (AvgIpc) is 2.89. The van der Waals surface area contributed by atoms with Crippen molar-refractivity contribution in [1.82, 2.24) is 5.32 Å². The van der Waals surface area contributed by atoms with Crippen molar-refractivity contribution < 1.29 is 13.2 Å². The molecule has 7 heteroatoms. The molecule has 0 saturated heterocycles. The summed E-state index contributed by atoms with van der Waals surface area (Å²) in [6.45, 7) is 0.463. The van der Waals surface area contributed by atoms with E-state index in [2.05, 4.69) is 10.6 Å². The first-order valence-electron chi connectivity index (χ1n) is 5.82. The van der Waals surface area contributed by atoms with Crippen LogP contribution in [-0.2, 0) is 16.4 Å². The van der Waals surface area contributed by atoms with Gasteiger partial charge in [-0.15, -0.1) is 11.3 Å². The van der Waals surface area contributed by atoms with Gasteiger partial charge in [-0.1, -0.05) is 6.07 Å². The summed E-state index contributed by atoms with van der Waals surface area (Å²) in [5.41, 5.74) is 0.543. The summed E-state index contributed by atoms with van der Waals surface area (Å²) in [7, 11) is -3.21. The topological polar surface area (TPSA) is 75.3 Å². The van der Waals surface area contributed by atoms with Crippen molar-refractivity contribution in [3.05, 3.63) is 46.7 Å². The Hall–Kier alpha value is -1.86. The Kier molecular flexibility index (Phi) is 4.41. The molecule has 0 bridgehead atoms. The van der Waals surface area contributed by atoms with E-state index in [1.807, 2.05) is 17.5 Å². The third kappa shape index (κ3) is 4.07. The first-order chi connectivity index (χ1) is 9.45. The Bertz CT molecular complexity index is 677. The summed E-state index contributed by atoms with van der Waals surface area (Å²) in [4.78, 5) is 12.9. The molecule has 2 rings (SSSR count). The van der Waals surface area contributed by atoms with Gasteiger partial charge in [-0.05, 0) is 35.7 Å². The van der Waals surface area contributed by atoms with Crippen molar-refractivity contribution in [2.45, 2.75) is 11.4 Å². The maximum absolute atomic E-state index is 11.7. The molecule has 5 nitrogen and oxygen atoms in total. The summed E-state index contributed by atoms with van der Waals surface area (Å²) < 4.78 is 22.6. The highest BCUT2D eigenvalue weighted by atomic mass is 32.2. The maximum Gasteiger partial charge on any atom is 0.319 e. The second kappa shape index (κ2) is 6.06. The molecule has 106 valence electrons. The van der Waals surface area contributed by atoms with Gasteiger partial charge >= 0.3 is 6.03 Å². The second-order valence-corrected chi connectivity index (χ2v) is 7.23. The van der Waals surface area contributed by atoms with E-state index in [0.717, 1.165) is 11.1 Å². The lowest BCUT2D eigenvalue weighted by atomic mass is 10.3. The summed E-state index contributed by atoms with van der Waals surface area (Å²) in [6.07, 6.45) is 1.14. The van der Waals surface area contributed by atoms with Gasteiger partial charge in [0, 0.05) is 16.8 Å². The molecule has 0 radical (unpaired) electrons. The third-order valence-electron chi connectivity index (χ3n) is 2.54. The van der Waals surface area contributed by atoms with Crippen LogP contribution in [0.15, 0.2) is 46.7 Å². The molecular formula is C13H14N2O3S2. The number of benzene rings is 1. The van der Waals surface area contributed by atoms with Crippen LogP contribution < -0.4 is 10.6 Å². The van der Waals surface area contributed by atoms with Gasteiger partial charge in [0.2, 0.25) is 0 Å². The lowest BCUT2D eigenvalue weighted by Crippen LogP contribution is -2.27. The predicted octanol–water partition coefficient (Wildman–Crippen LogP) is 2.47. The fourth-order valence-corrected chi connectivity index (χ4v) is 2.82. The van der Waals surface area contributed by atoms with Gasteiger partial charge in [0.25, 0.3) is 0 Å².